The van der Waals surface area contributed by atoms with Crippen LogP contribution in [0.5, 0.6) is 0 Å². The first-order chi connectivity index (χ1) is 18.1. The number of nitrogens with zero attached hydrogens (tertiary/aromatic N) is 6. The lowest BCUT2D eigenvalue weighted by atomic mass is 10.2. The molecule has 2 aliphatic heterocycles. The van der Waals surface area contributed by atoms with Crippen molar-refractivity contribution in [3.63, 3.8) is 0 Å². The number of nitrogens with one attached hydrogen (secondary N) is 2. The maximum Gasteiger partial charge on any atom is 0.321 e. The molecule has 2 aromatic heterocycles. The fraction of sp³-hybridized carbons (Fsp3) is 0.333. The van der Waals surface area contributed by atoms with Gasteiger partial charge < -0.3 is 30.2 Å². The molecule has 0 aliphatic carbocycles. The van der Waals surface area contributed by atoms with Gasteiger partial charge in [0.2, 0.25) is 0 Å². The predicted octanol–water partition coefficient (Wildman–Crippen LogP) is 3.49. The zero-order valence-electron chi connectivity index (χ0n) is 21.0. The second-order valence-corrected chi connectivity index (χ2v) is 9.21. The van der Waals surface area contributed by atoms with Crippen molar-refractivity contribution < 1.29 is 9.59 Å². The molecule has 0 atom stereocenters. The highest BCUT2D eigenvalue weighted by molar-refractivity contribution is 5.93. The number of amides is 4. The second kappa shape index (κ2) is 11.2. The molecule has 4 amide bonds. The molecule has 37 heavy (non-hydrogen) atoms. The summed E-state index contributed by atoms with van der Waals surface area (Å²) >= 11 is 0. The van der Waals surface area contributed by atoms with E-state index in [2.05, 4.69) is 30.4 Å². The van der Waals surface area contributed by atoms with Crippen LogP contribution in [0.3, 0.4) is 0 Å². The molecule has 0 saturated carbocycles. The lowest BCUT2D eigenvalue weighted by molar-refractivity contribution is 0.207. The monoisotopic (exact) mass is 500 g/mol. The number of pyridine rings is 2. The molecule has 5 rings (SSSR count). The predicted molar refractivity (Wildman–Crippen MR) is 145 cm³/mol. The van der Waals surface area contributed by atoms with E-state index in [9.17, 15) is 9.59 Å². The standard InChI is InChI=1S/C27H32N8O2/c1-21-8-9-22(30-26(36)34-16-12-32(13-17-34)24-6-2-4-10-28-24)20-23(21)31-27(37)35-18-14-33(15-19-35)25-7-3-5-11-29-25/h2-11,20H,12-19H2,1H3,(H,30,36)(H,31,37). The first-order valence-corrected chi connectivity index (χ1v) is 12.6. The van der Waals surface area contributed by atoms with Gasteiger partial charge in [-0.2, -0.15) is 0 Å². The number of aromatic nitrogens is 2. The van der Waals surface area contributed by atoms with Gasteiger partial charge in [0.25, 0.3) is 0 Å². The van der Waals surface area contributed by atoms with Crippen LogP contribution >= 0.6 is 0 Å². The Labute approximate surface area is 216 Å². The smallest absolute Gasteiger partial charge is 0.321 e. The van der Waals surface area contributed by atoms with Gasteiger partial charge in [-0.25, -0.2) is 19.6 Å². The summed E-state index contributed by atoms with van der Waals surface area (Å²) in [5.41, 5.74) is 2.27. The van der Waals surface area contributed by atoms with Crippen molar-refractivity contribution in [2.75, 3.05) is 72.8 Å². The van der Waals surface area contributed by atoms with Crippen molar-refractivity contribution in [2.45, 2.75) is 6.92 Å². The Kier molecular flexibility index (Phi) is 7.34. The largest absolute Gasteiger partial charge is 0.353 e. The number of rotatable bonds is 4. The van der Waals surface area contributed by atoms with Crippen LogP contribution in [0.1, 0.15) is 5.56 Å². The van der Waals surface area contributed by atoms with Crippen molar-refractivity contribution in [3.8, 4) is 0 Å². The van der Waals surface area contributed by atoms with Crippen molar-refractivity contribution in [1.82, 2.24) is 19.8 Å². The number of piperazine rings is 2. The zero-order chi connectivity index (χ0) is 25.6. The van der Waals surface area contributed by atoms with Crippen LogP contribution in [0.2, 0.25) is 0 Å². The average Bonchev–Trinajstić information content (AvgIpc) is 2.96. The van der Waals surface area contributed by atoms with E-state index < -0.39 is 0 Å². The van der Waals surface area contributed by atoms with Crippen LogP contribution in [0, 0.1) is 6.92 Å². The molecule has 0 bridgehead atoms. The lowest BCUT2D eigenvalue weighted by Gasteiger charge is -2.35. The summed E-state index contributed by atoms with van der Waals surface area (Å²) in [5, 5.41) is 6.01. The molecule has 3 aromatic rings. The third kappa shape index (κ3) is 5.91. The lowest BCUT2D eigenvalue weighted by Crippen LogP contribution is -2.50. The quantitative estimate of drug-likeness (QED) is 0.569. The summed E-state index contributed by atoms with van der Waals surface area (Å²) in [6, 6.07) is 17.0. The Morgan fingerprint density at radius 1 is 0.676 bits per heavy atom. The van der Waals surface area contributed by atoms with Gasteiger partial charge in [-0.15, -0.1) is 0 Å². The summed E-state index contributed by atoms with van der Waals surface area (Å²) in [5.74, 6) is 1.86. The van der Waals surface area contributed by atoms with E-state index >= 15 is 0 Å². The third-order valence-electron chi connectivity index (χ3n) is 6.81. The van der Waals surface area contributed by atoms with Crippen LogP contribution in [-0.2, 0) is 0 Å². The van der Waals surface area contributed by atoms with E-state index in [0.29, 0.717) is 37.6 Å². The average molecular weight is 501 g/mol. The molecule has 2 N–H and O–H groups in total. The molecule has 0 radical (unpaired) electrons. The summed E-state index contributed by atoms with van der Waals surface area (Å²) in [4.78, 5) is 42.6. The van der Waals surface area contributed by atoms with Gasteiger partial charge in [0.15, 0.2) is 0 Å². The fourth-order valence-electron chi connectivity index (χ4n) is 4.59. The van der Waals surface area contributed by atoms with E-state index in [1.807, 2.05) is 66.4 Å². The second-order valence-electron chi connectivity index (χ2n) is 9.21. The third-order valence-corrected chi connectivity index (χ3v) is 6.81. The molecular formula is C27H32N8O2. The topological polar surface area (TPSA) is 96.9 Å². The Morgan fingerprint density at radius 2 is 1.19 bits per heavy atom. The SMILES string of the molecule is Cc1ccc(NC(=O)N2CCN(c3ccccn3)CC2)cc1NC(=O)N1CCN(c2ccccn2)CC1. The molecule has 1 aromatic carbocycles. The normalized spacial score (nSPS) is 15.9. The molecule has 10 heteroatoms. The van der Waals surface area contributed by atoms with E-state index in [4.69, 9.17) is 0 Å². The maximum absolute atomic E-state index is 13.0. The number of benzene rings is 1. The Morgan fingerprint density at radius 3 is 1.68 bits per heavy atom. The Balaban J connectivity index is 1.13. The van der Waals surface area contributed by atoms with Crippen molar-refractivity contribution >= 4 is 35.1 Å². The molecule has 2 fully saturated rings. The minimum absolute atomic E-state index is 0.141. The van der Waals surface area contributed by atoms with Gasteiger partial charge in [0.1, 0.15) is 11.6 Å². The van der Waals surface area contributed by atoms with Gasteiger partial charge in [-0.05, 0) is 48.9 Å². The molecule has 10 nitrogen and oxygen atoms in total. The Bertz CT molecular complexity index is 1210. The number of aryl methyl sites for hydroxylation is 1. The number of urea groups is 2. The summed E-state index contributed by atoms with van der Waals surface area (Å²) < 4.78 is 0. The number of hydrogen-bond acceptors (Lipinski definition) is 6. The summed E-state index contributed by atoms with van der Waals surface area (Å²) in [6.45, 7) is 7.31. The molecule has 192 valence electrons. The van der Waals surface area contributed by atoms with Gasteiger partial charge in [-0.3, -0.25) is 0 Å². The molecule has 0 unspecified atom stereocenters. The van der Waals surface area contributed by atoms with Crippen molar-refractivity contribution in [2.24, 2.45) is 0 Å². The van der Waals surface area contributed by atoms with Crippen LogP contribution in [-0.4, -0.2) is 84.2 Å². The first kappa shape index (κ1) is 24.4. The van der Waals surface area contributed by atoms with Gasteiger partial charge >= 0.3 is 12.1 Å². The minimum atomic E-state index is -0.146. The van der Waals surface area contributed by atoms with E-state index in [0.717, 1.165) is 43.4 Å². The van der Waals surface area contributed by atoms with Gasteiger partial charge in [0, 0.05) is 76.1 Å². The molecule has 4 heterocycles. The van der Waals surface area contributed by atoms with E-state index in [1.165, 1.54) is 0 Å². The van der Waals surface area contributed by atoms with E-state index in [-0.39, 0.29) is 12.1 Å². The zero-order valence-corrected chi connectivity index (χ0v) is 21.0. The van der Waals surface area contributed by atoms with Crippen LogP contribution in [0.25, 0.3) is 0 Å². The molecule has 2 aliphatic rings. The van der Waals surface area contributed by atoms with Crippen LogP contribution < -0.4 is 20.4 Å². The number of anilines is 4. The van der Waals surface area contributed by atoms with Crippen molar-refractivity contribution in [3.05, 3.63) is 72.6 Å². The number of carbonyl (C=O) groups excluding carboxylic acids is 2. The van der Waals surface area contributed by atoms with Crippen molar-refractivity contribution in [1.29, 1.82) is 0 Å². The highest BCUT2D eigenvalue weighted by atomic mass is 16.2. The fourth-order valence-corrected chi connectivity index (χ4v) is 4.59. The molecule has 2 saturated heterocycles. The summed E-state index contributed by atoms with van der Waals surface area (Å²) in [6.07, 6.45) is 3.56. The van der Waals surface area contributed by atoms with Crippen LogP contribution in [0.15, 0.2) is 67.0 Å². The van der Waals surface area contributed by atoms with E-state index in [1.54, 1.807) is 17.3 Å². The van der Waals surface area contributed by atoms with Gasteiger partial charge in [-0.1, -0.05) is 18.2 Å². The first-order valence-electron chi connectivity index (χ1n) is 12.6. The summed E-state index contributed by atoms with van der Waals surface area (Å²) in [7, 11) is 0. The highest BCUT2D eigenvalue weighted by Gasteiger charge is 2.24. The molecular weight excluding hydrogens is 468 g/mol. The van der Waals surface area contributed by atoms with Gasteiger partial charge in [0.05, 0.1) is 0 Å². The number of hydrogen-bond donors (Lipinski definition) is 2. The minimum Gasteiger partial charge on any atom is -0.353 e. The highest BCUT2D eigenvalue weighted by Crippen LogP contribution is 2.22. The molecule has 0 spiro atoms. The Hall–Kier alpha value is -4.34. The van der Waals surface area contributed by atoms with Crippen LogP contribution in [0.4, 0.5) is 32.6 Å². The number of carbonyl (C=O) groups is 2. The maximum atomic E-state index is 13.0.